The zero-order chi connectivity index (χ0) is 82.2. The molecule has 2 aromatic heterocycles. The fraction of sp³-hybridized carbons (Fsp3) is 0.528. The van der Waals surface area contributed by atoms with Crippen molar-refractivity contribution in [3.63, 3.8) is 0 Å². The lowest BCUT2D eigenvalue weighted by molar-refractivity contribution is -0.221. The van der Waals surface area contributed by atoms with E-state index in [1.807, 2.05) is 5.32 Å². The number of halogens is 10. The first-order valence-electron chi connectivity index (χ1n) is 34.9. The number of carbonyl (C=O) groups is 7. The minimum absolute atomic E-state index is 0.0819. The van der Waals surface area contributed by atoms with Crippen LogP contribution in [0.1, 0.15) is 127 Å². The summed E-state index contributed by atoms with van der Waals surface area (Å²) in [5.74, 6) is -5.44. The number of anilines is 1. The van der Waals surface area contributed by atoms with Gasteiger partial charge in [0, 0.05) is 78.0 Å². The Morgan fingerprint density at radius 2 is 1.32 bits per heavy atom. The molecule has 606 valence electrons. The number of carbonyl (C=O) groups excluding carboxylic acids is 6. The van der Waals surface area contributed by atoms with Gasteiger partial charge in [0.2, 0.25) is 17.8 Å². The molecule has 0 radical (unpaired) electrons. The summed E-state index contributed by atoms with van der Waals surface area (Å²) in [6.45, 7) is 5.91. The van der Waals surface area contributed by atoms with E-state index in [2.05, 4.69) is 62.2 Å². The first-order valence-corrected chi connectivity index (χ1v) is 36.4. The Labute approximate surface area is 631 Å². The second-order valence-corrected chi connectivity index (χ2v) is 30.4. The second kappa shape index (κ2) is 35.4. The van der Waals surface area contributed by atoms with Crippen molar-refractivity contribution in [1.82, 2.24) is 56.4 Å². The van der Waals surface area contributed by atoms with E-state index in [9.17, 15) is 52.2 Å². The van der Waals surface area contributed by atoms with Crippen LogP contribution in [0.3, 0.4) is 0 Å². The van der Waals surface area contributed by atoms with Crippen LogP contribution in [0.5, 0.6) is 5.75 Å². The number of hydrogen-bond donors (Lipinski definition) is 8. The van der Waals surface area contributed by atoms with Crippen LogP contribution in [0, 0.1) is 47.1 Å². The minimum Gasteiger partial charge on any atom is -0.480 e. The number of ether oxygens (including phenoxy) is 4. The van der Waals surface area contributed by atoms with Gasteiger partial charge in [-0.05, 0) is 113 Å². The molecule has 0 aliphatic carbocycles. The maximum absolute atomic E-state index is 16.9. The summed E-state index contributed by atoms with van der Waals surface area (Å²) in [6, 6.07) is 2.17. The van der Waals surface area contributed by atoms with Crippen LogP contribution in [0.15, 0.2) is 73.2 Å². The number of phosphoric ester groups is 1. The average molecular weight is 1600 g/mol. The van der Waals surface area contributed by atoms with Crippen molar-refractivity contribution >= 4 is 55.6 Å². The summed E-state index contributed by atoms with van der Waals surface area (Å²) in [4.78, 5) is 132. The Kier molecular flexibility index (Phi) is 27.7. The number of methoxy groups -OCH3 is 2. The number of hydrogen-bond acceptors (Lipinski definition) is 19. The number of carboxylic acids is 1. The highest BCUT2D eigenvalue weighted by Crippen LogP contribution is 2.47. The molecular formula is C72H87F10N12O16P. The van der Waals surface area contributed by atoms with Crippen LogP contribution in [-0.4, -0.2) is 194 Å². The van der Waals surface area contributed by atoms with Gasteiger partial charge in [-0.2, -0.15) is 40.2 Å². The first kappa shape index (κ1) is 86.9. The third-order valence-corrected chi connectivity index (χ3v) is 20.3. The SMILES string of the molecule is CC[C@H](C)[C@H](NC(=O)Cc1cc(C)cc(OP(=O)(O)O)c1C(C)(C)CC(=O)O[C@@H](CN(Cc1c(F)cc(-c2ccn(C(F)F)n2)cc1F)NC(=O)[C@@H](NC(=O)OC)C(C)(C)C(F)(F)F)[C@H](Cc1ccc(C#Cc2cnc(N3CC4CCC(C3)N4C3COC3)nc2)cc1)NC(=O)[C@@H](NC(=O)OC)C(C)(C)C(F)(F)F)C(=O)O. The number of nitrogens with zero attached hydrogens (tertiary/aromatic N) is 7. The summed E-state index contributed by atoms with van der Waals surface area (Å²) >= 11 is 0. The largest absolute Gasteiger partial charge is 0.524 e. The molecular weight excluding hydrogens is 1510 g/mol. The predicted octanol–water partition coefficient (Wildman–Crippen LogP) is 8.87. The number of hydrazine groups is 1. The van der Waals surface area contributed by atoms with Gasteiger partial charge in [0.25, 0.3) is 5.91 Å². The average Bonchev–Trinajstić information content (AvgIpc) is 1.73. The van der Waals surface area contributed by atoms with Crippen LogP contribution in [0.4, 0.5) is 59.4 Å². The molecule has 5 heterocycles. The molecule has 3 aliphatic rings. The van der Waals surface area contributed by atoms with Crippen molar-refractivity contribution in [1.29, 1.82) is 0 Å². The van der Waals surface area contributed by atoms with Crippen LogP contribution in [0.2, 0.25) is 0 Å². The first-order chi connectivity index (χ1) is 51.7. The minimum atomic E-state index is -5.60. The molecule has 0 saturated carbocycles. The number of rotatable bonds is 31. The topological polar surface area (TPSA) is 357 Å². The fourth-order valence-corrected chi connectivity index (χ4v) is 13.7. The van der Waals surface area contributed by atoms with Crippen molar-refractivity contribution in [3.8, 4) is 28.8 Å². The summed E-state index contributed by atoms with van der Waals surface area (Å²) in [5, 5.41) is 22.5. The lowest BCUT2D eigenvalue weighted by Crippen LogP contribution is -2.64. The Hall–Kier alpha value is -9.67. The zero-order valence-electron chi connectivity index (χ0n) is 62.2. The van der Waals surface area contributed by atoms with E-state index in [4.69, 9.17) is 14.0 Å². The number of amides is 5. The van der Waals surface area contributed by atoms with Gasteiger partial charge in [0.15, 0.2) is 0 Å². The quantitative estimate of drug-likeness (QED) is 0.00512. The van der Waals surface area contributed by atoms with Crippen LogP contribution < -0.4 is 36.1 Å². The molecule has 2 bridgehead atoms. The molecule has 28 nitrogen and oxygen atoms in total. The Morgan fingerprint density at radius 1 is 0.766 bits per heavy atom. The van der Waals surface area contributed by atoms with Gasteiger partial charge in [-0.15, -0.1) is 0 Å². The molecule has 8 N–H and O–H groups in total. The third-order valence-electron chi connectivity index (χ3n) is 19.9. The lowest BCUT2D eigenvalue weighted by atomic mass is 9.77. The molecule has 3 fully saturated rings. The normalized spacial score (nSPS) is 17.4. The van der Waals surface area contributed by atoms with Crippen molar-refractivity contribution in [2.45, 2.75) is 180 Å². The van der Waals surface area contributed by atoms with Gasteiger partial charge in [-0.25, -0.2) is 47.4 Å². The molecule has 8 rings (SSSR count). The summed E-state index contributed by atoms with van der Waals surface area (Å²) < 4.78 is 191. The number of benzene rings is 3. The van der Waals surface area contributed by atoms with Crippen molar-refractivity contribution in [3.05, 3.63) is 124 Å². The Bertz CT molecular complexity index is 4290. The zero-order valence-corrected chi connectivity index (χ0v) is 63.1. The summed E-state index contributed by atoms with van der Waals surface area (Å²) in [7, 11) is -4.12. The number of nitrogens with one attached hydrogen (secondary N) is 5. The smallest absolute Gasteiger partial charge is 0.480 e. The van der Waals surface area contributed by atoms with E-state index in [1.165, 1.54) is 70.4 Å². The number of fused-ring (bicyclic) bond motifs is 2. The number of aliphatic carboxylic acids is 1. The van der Waals surface area contributed by atoms with Crippen LogP contribution in [0.25, 0.3) is 11.3 Å². The van der Waals surface area contributed by atoms with Gasteiger partial charge < -0.3 is 54.7 Å². The molecule has 5 amide bonds. The number of aryl methyl sites for hydroxylation is 1. The fourth-order valence-electron chi connectivity index (χ4n) is 13.3. The van der Waals surface area contributed by atoms with E-state index >= 15 is 44.7 Å². The van der Waals surface area contributed by atoms with Crippen molar-refractivity contribution in [2.24, 2.45) is 16.7 Å². The standard InChI is InChI=1S/C72H87F10N12O16P/c1-12-39(3)58(63(99)100)86-55(95)28-44-23-38(2)24-53(110-111(103,104)105)57(44)68(4,5)29-56(96)109-54(35-92(90-62(98)60(88-67(102)107-11)70(8,9)72(80,81)82)34-48-49(73)26-43(27-50(48)74)51-21-22-93(89-51)64(75)76)52(85-61(97)59(87-66(101)106-10)69(6,7)71(77,78)79)25-41-16-13-40(14-17-41)15-18-42-30-83-65(84-31-42)91-32-45-19-20-46(33-91)94(45)47-36-108-37-47/h13-14,16-17,21-24,26-27,30-31,39,45-47,52,54,58-60,64H,12,19-20,25,28-29,32-37H2,1-11H3,(H,85,97)(H,86,95)(H,87,101)(H,88,102)(H,90,98)(H,99,100)(H2,103,104,105)/t39-,45?,46?,52-,54-,58-,59+,60+/m0/s1. The van der Waals surface area contributed by atoms with E-state index in [-0.39, 0.29) is 33.4 Å². The molecule has 5 aromatic rings. The van der Waals surface area contributed by atoms with Gasteiger partial charge >= 0.3 is 50.8 Å². The highest BCUT2D eigenvalue weighted by molar-refractivity contribution is 7.46. The van der Waals surface area contributed by atoms with Crippen LogP contribution >= 0.6 is 7.82 Å². The van der Waals surface area contributed by atoms with Crippen LogP contribution in [-0.2, 0) is 72.3 Å². The summed E-state index contributed by atoms with van der Waals surface area (Å²) in [6.07, 6.45) is -12.8. The number of phosphoric acid groups is 1. The van der Waals surface area contributed by atoms with Gasteiger partial charge in [-0.1, -0.05) is 64.2 Å². The van der Waals surface area contributed by atoms with Gasteiger partial charge in [-0.3, -0.25) is 39.3 Å². The van der Waals surface area contributed by atoms with Gasteiger partial charge in [0.1, 0.15) is 41.6 Å². The second-order valence-electron chi connectivity index (χ2n) is 29.2. The number of carboxylic acid groups (broad SMARTS) is 1. The van der Waals surface area contributed by atoms with Crippen molar-refractivity contribution in [2.75, 3.05) is 52.0 Å². The van der Waals surface area contributed by atoms with E-state index in [1.54, 1.807) is 12.2 Å². The predicted molar refractivity (Wildman–Crippen MR) is 375 cm³/mol. The molecule has 8 atom stereocenters. The Morgan fingerprint density at radius 3 is 1.82 bits per heavy atom. The van der Waals surface area contributed by atoms with E-state index in [0.717, 1.165) is 45.4 Å². The van der Waals surface area contributed by atoms with Crippen molar-refractivity contribution < 1.29 is 120 Å². The number of piperazine rings is 1. The lowest BCUT2D eigenvalue weighted by Gasteiger charge is -2.47. The molecule has 111 heavy (non-hydrogen) atoms. The maximum atomic E-state index is 16.9. The highest BCUT2D eigenvalue weighted by Gasteiger charge is 2.58. The highest BCUT2D eigenvalue weighted by atomic mass is 31.2. The number of alkyl halides is 8. The maximum Gasteiger partial charge on any atom is 0.524 e. The molecule has 0 spiro atoms. The van der Waals surface area contributed by atoms with E-state index < -0.39 is 188 Å². The molecule has 3 aliphatic heterocycles. The molecule has 39 heteroatoms. The molecule has 3 saturated heterocycles. The Balaban J connectivity index is 1.28. The molecule has 3 aromatic carbocycles. The number of aromatic nitrogens is 4. The van der Waals surface area contributed by atoms with E-state index in [0.29, 0.717) is 106 Å². The number of alkyl carbamates (subject to hydrolysis) is 2. The third kappa shape index (κ3) is 21.7. The summed E-state index contributed by atoms with van der Waals surface area (Å²) in [5.41, 5.74) is -7.93. The monoisotopic (exact) mass is 1600 g/mol. The van der Waals surface area contributed by atoms with Gasteiger partial charge in [0.05, 0.1) is 81.0 Å². The molecule has 2 unspecified atom stereocenters. The number of esters is 1.